The van der Waals surface area contributed by atoms with Gasteiger partial charge in [-0.3, -0.25) is 9.52 Å². The van der Waals surface area contributed by atoms with Crippen LogP contribution in [-0.2, 0) is 23.2 Å². The third-order valence-corrected chi connectivity index (χ3v) is 5.52. The predicted octanol–water partition coefficient (Wildman–Crippen LogP) is 2.69. The molecule has 0 spiro atoms. The van der Waals surface area contributed by atoms with Crippen LogP contribution in [0.3, 0.4) is 0 Å². The number of sulfonamides is 1. The van der Waals surface area contributed by atoms with Gasteiger partial charge < -0.3 is 9.88 Å². The van der Waals surface area contributed by atoms with E-state index in [1.54, 1.807) is 14.0 Å². The van der Waals surface area contributed by atoms with Crippen LogP contribution in [0.25, 0.3) is 11.5 Å². The molecule has 3 heterocycles. The zero-order valence-electron chi connectivity index (χ0n) is 16.9. The molecule has 3 aromatic heterocycles. The summed E-state index contributed by atoms with van der Waals surface area (Å²) in [6, 6.07) is 3.20. The smallest absolute Gasteiger partial charge is 0.331 e. The topological polar surface area (TPSA) is 132 Å². The van der Waals surface area contributed by atoms with Crippen molar-refractivity contribution in [2.75, 3.05) is 15.8 Å². The lowest BCUT2D eigenvalue weighted by atomic mass is 10.2. The van der Waals surface area contributed by atoms with E-state index in [1.165, 1.54) is 29.2 Å². The minimum absolute atomic E-state index is 0.0383. The third kappa shape index (κ3) is 5.57. The first-order valence-electron chi connectivity index (χ1n) is 9.19. The van der Waals surface area contributed by atoms with Crippen molar-refractivity contribution in [3.63, 3.8) is 0 Å². The fourth-order valence-corrected chi connectivity index (χ4v) is 3.68. The summed E-state index contributed by atoms with van der Waals surface area (Å²) in [5.74, 6) is -1.29. The van der Waals surface area contributed by atoms with Crippen LogP contribution in [0.5, 0.6) is 0 Å². The molecule has 2 N–H and O–H groups in total. The number of imidazole rings is 1. The molecular weight excluding hydrogens is 451 g/mol. The maximum atomic E-state index is 13.3. The van der Waals surface area contributed by atoms with Crippen LogP contribution >= 0.6 is 0 Å². The normalized spacial score (nSPS) is 11.9. The lowest BCUT2D eigenvalue weighted by Gasteiger charge is -2.11. The van der Waals surface area contributed by atoms with Gasteiger partial charge in [0.2, 0.25) is 10.0 Å². The molecule has 0 bridgehead atoms. The SMILES string of the molecule is CCCS(=O)(=O)Nc1ccc(NC(=O)c2cc(C(F)(F)F)nc(-c3cncn3C)n2)cn1. The van der Waals surface area contributed by atoms with Gasteiger partial charge in [-0.25, -0.2) is 28.4 Å². The lowest BCUT2D eigenvalue weighted by Crippen LogP contribution is -2.19. The highest BCUT2D eigenvalue weighted by atomic mass is 32.2. The van der Waals surface area contributed by atoms with Gasteiger partial charge in [-0.15, -0.1) is 0 Å². The minimum Gasteiger partial charge on any atom is -0.331 e. The molecule has 0 aromatic carbocycles. The van der Waals surface area contributed by atoms with Gasteiger partial charge in [0.1, 0.15) is 22.9 Å². The fourth-order valence-electron chi connectivity index (χ4n) is 2.60. The molecule has 0 radical (unpaired) electrons. The molecular formula is C18H18F3N7O3S. The molecule has 14 heteroatoms. The largest absolute Gasteiger partial charge is 0.433 e. The summed E-state index contributed by atoms with van der Waals surface area (Å²) in [5, 5.41) is 2.38. The highest BCUT2D eigenvalue weighted by molar-refractivity contribution is 7.92. The number of amides is 1. The summed E-state index contributed by atoms with van der Waals surface area (Å²) < 4.78 is 67.2. The number of pyridine rings is 1. The summed E-state index contributed by atoms with van der Waals surface area (Å²) in [5.41, 5.74) is -1.48. The number of carbonyl (C=O) groups is 1. The van der Waals surface area contributed by atoms with Crippen LogP contribution in [0.4, 0.5) is 24.7 Å². The number of hydrogen-bond acceptors (Lipinski definition) is 7. The fraction of sp³-hybridized carbons (Fsp3) is 0.278. The number of carbonyl (C=O) groups excluding carboxylic acids is 1. The van der Waals surface area contributed by atoms with Gasteiger partial charge >= 0.3 is 6.18 Å². The van der Waals surface area contributed by atoms with Crippen LogP contribution in [0.2, 0.25) is 0 Å². The zero-order chi connectivity index (χ0) is 23.5. The Bertz CT molecular complexity index is 1230. The second kappa shape index (κ2) is 8.90. The minimum atomic E-state index is -4.80. The average Bonchev–Trinajstić information content (AvgIpc) is 3.14. The van der Waals surface area contributed by atoms with E-state index in [0.29, 0.717) is 12.5 Å². The molecule has 0 unspecified atom stereocenters. The number of nitrogens with one attached hydrogen (secondary N) is 2. The van der Waals surface area contributed by atoms with E-state index < -0.39 is 33.5 Å². The van der Waals surface area contributed by atoms with Gasteiger partial charge in [0.25, 0.3) is 5.91 Å². The molecule has 0 aliphatic heterocycles. The van der Waals surface area contributed by atoms with Crippen molar-refractivity contribution in [3.8, 4) is 11.5 Å². The molecule has 0 aliphatic rings. The Hall–Kier alpha value is -3.55. The van der Waals surface area contributed by atoms with Crippen LogP contribution in [0, 0.1) is 0 Å². The predicted molar refractivity (Wildman–Crippen MR) is 109 cm³/mol. The average molecular weight is 469 g/mol. The number of hydrogen-bond donors (Lipinski definition) is 2. The van der Waals surface area contributed by atoms with Crippen molar-refractivity contribution in [1.82, 2.24) is 24.5 Å². The van der Waals surface area contributed by atoms with Gasteiger partial charge in [0.05, 0.1) is 30.2 Å². The highest BCUT2D eigenvalue weighted by Gasteiger charge is 2.34. The first-order valence-corrected chi connectivity index (χ1v) is 10.8. The number of rotatable bonds is 7. The summed E-state index contributed by atoms with van der Waals surface area (Å²) in [6.45, 7) is 1.71. The van der Waals surface area contributed by atoms with Crippen molar-refractivity contribution >= 4 is 27.4 Å². The van der Waals surface area contributed by atoms with E-state index in [-0.39, 0.29) is 28.8 Å². The molecule has 3 rings (SSSR count). The quantitative estimate of drug-likeness (QED) is 0.544. The van der Waals surface area contributed by atoms with E-state index in [1.807, 2.05) is 0 Å². The third-order valence-electron chi connectivity index (χ3n) is 4.05. The number of anilines is 2. The molecule has 3 aromatic rings. The second-order valence-corrected chi connectivity index (χ2v) is 8.50. The number of aromatic nitrogens is 5. The van der Waals surface area contributed by atoms with Gasteiger partial charge in [0, 0.05) is 13.1 Å². The van der Waals surface area contributed by atoms with Crippen molar-refractivity contribution < 1.29 is 26.4 Å². The Morgan fingerprint density at radius 1 is 1.19 bits per heavy atom. The lowest BCUT2D eigenvalue weighted by molar-refractivity contribution is -0.141. The van der Waals surface area contributed by atoms with E-state index in [2.05, 4.69) is 30.0 Å². The summed E-state index contributed by atoms with van der Waals surface area (Å²) in [4.78, 5) is 27.7. The van der Waals surface area contributed by atoms with Crippen LogP contribution < -0.4 is 10.0 Å². The first-order chi connectivity index (χ1) is 15.0. The van der Waals surface area contributed by atoms with E-state index in [4.69, 9.17) is 0 Å². The van der Waals surface area contributed by atoms with Crippen LogP contribution in [-0.4, -0.2) is 44.6 Å². The maximum Gasteiger partial charge on any atom is 0.433 e. The maximum absolute atomic E-state index is 13.3. The molecule has 1 amide bonds. The molecule has 10 nitrogen and oxygen atoms in total. The van der Waals surface area contributed by atoms with Crippen molar-refractivity contribution in [1.29, 1.82) is 0 Å². The number of alkyl halides is 3. The van der Waals surface area contributed by atoms with Gasteiger partial charge in [0.15, 0.2) is 5.82 Å². The zero-order valence-corrected chi connectivity index (χ0v) is 17.7. The monoisotopic (exact) mass is 469 g/mol. The van der Waals surface area contributed by atoms with Crippen molar-refractivity contribution in [3.05, 3.63) is 48.3 Å². The van der Waals surface area contributed by atoms with E-state index >= 15 is 0 Å². The van der Waals surface area contributed by atoms with E-state index in [0.717, 1.165) is 6.20 Å². The molecule has 0 fully saturated rings. The standard InChI is InChI=1S/C18H18F3N7O3S/c1-3-6-32(30,31)27-15-5-4-11(8-23-15)24-17(29)12-7-14(18(19,20)21)26-16(25-12)13-9-22-10-28(13)2/h4-5,7-10H,3,6H2,1-2H3,(H,23,27)(H,24,29). The van der Waals surface area contributed by atoms with Crippen molar-refractivity contribution in [2.45, 2.75) is 19.5 Å². The van der Waals surface area contributed by atoms with E-state index in [9.17, 15) is 26.4 Å². The molecule has 32 heavy (non-hydrogen) atoms. The summed E-state index contributed by atoms with van der Waals surface area (Å²) >= 11 is 0. The molecule has 170 valence electrons. The van der Waals surface area contributed by atoms with Gasteiger partial charge in [-0.1, -0.05) is 6.92 Å². The molecule has 0 saturated heterocycles. The van der Waals surface area contributed by atoms with Gasteiger partial charge in [-0.05, 0) is 18.6 Å². The summed E-state index contributed by atoms with van der Waals surface area (Å²) in [7, 11) is -1.99. The Kier molecular flexibility index (Phi) is 6.43. The Balaban J connectivity index is 1.85. The Labute approximate surface area is 181 Å². The molecule has 0 atom stereocenters. The highest BCUT2D eigenvalue weighted by Crippen LogP contribution is 2.29. The second-order valence-electron chi connectivity index (χ2n) is 6.66. The Morgan fingerprint density at radius 2 is 1.94 bits per heavy atom. The van der Waals surface area contributed by atoms with Crippen LogP contribution in [0.1, 0.15) is 29.5 Å². The summed E-state index contributed by atoms with van der Waals surface area (Å²) in [6.07, 6.45) is -0.580. The number of halogens is 3. The van der Waals surface area contributed by atoms with Crippen molar-refractivity contribution in [2.24, 2.45) is 7.05 Å². The first kappa shape index (κ1) is 23.1. The molecule has 0 saturated carbocycles. The number of nitrogens with zero attached hydrogens (tertiary/aromatic N) is 5. The Morgan fingerprint density at radius 3 is 2.50 bits per heavy atom. The van der Waals surface area contributed by atoms with Crippen LogP contribution in [0.15, 0.2) is 36.9 Å². The number of aryl methyl sites for hydroxylation is 1. The molecule has 0 aliphatic carbocycles. The van der Waals surface area contributed by atoms with Gasteiger partial charge in [-0.2, -0.15) is 13.2 Å².